The molecule has 0 bridgehead atoms. The minimum absolute atomic E-state index is 0.341. The highest BCUT2D eigenvalue weighted by Gasteiger charge is 2.15. The molecule has 0 amide bonds. The predicted octanol–water partition coefficient (Wildman–Crippen LogP) is 2.79. The van der Waals surface area contributed by atoms with E-state index in [1.54, 1.807) is 0 Å². The normalized spacial score (nSPS) is 13.1. The smallest absolute Gasteiger partial charge is 0.0470 e. The van der Waals surface area contributed by atoms with Gasteiger partial charge in [-0.15, -0.1) is 0 Å². The summed E-state index contributed by atoms with van der Waals surface area (Å²) in [5.41, 5.74) is 7.14. The van der Waals surface area contributed by atoms with Gasteiger partial charge in [-0.05, 0) is 30.8 Å². The first-order valence-corrected chi connectivity index (χ1v) is 6.21. The lowest BCUT2D eigenvalue weighted by atomic mass is 10.1. The number of nitrogens with zero attached hydrogens (tertiary/aromatic N) is 1. The number of halogens is 1. The maximum atomic E-state index is 5.84. The molecule has 1 aromatic carbocycles. The van der Waals surface area contributed by atoms with Gasteiger partial charge in [0.1, 0.15) is 0 Å². The zero-order chi connectivity index (χ0) is 11.3. The van der Waals surface area contributed by atoms with Crippen molar-refractivity contribution in [2.24, 2.45) is 5.73 Å². The highest BCUT2D eigenvalue weighted by molar-refractivity contribution is 9.10. The van der Waals surface area contributed by atoms with Crippen LogP contribution in [0, 0.1) is 0 Å². The molecule has 0 aliphatic rings. The molecule has 2 nitrogen and oxygen atoms in total. The maximum Gasteiger partial charge on any atom is 0.0470 e. The van der Waals surface area contributed by atoms with Crippen molar-refractivity contribution in [1.82, 2.24) is 4.90 Å². The third-order valence-corrected chi connectivity index (χ3v) is 3.26. The van der Waals surface area contributed by atoms with E-state index in [4.69, 9.17) is 5.73 Å². The van der Waals surface area contributed by atoms with E-state index in [2.05, 4.69) is 58.9 Å². The summed E-state index contributed by atoms with van der Waals surface area (Å²) in [6.07, 6.45) is 0. The summed E-state index contributed by atoms with van der Waals surface area (Å²) in [5.74, 6) is 0. The molecule has 0 radical (unpaired) electrons. The van der Waals surface area contributed by atoms with Gasteiger partial charge < -0.3 is 5.73 Å². The largest absolute Gasteiger partial charge is 0.329 e. The number of hydrogen-bond acceptors (Lipinski definition) is 2. The van der Waals surface area contributed by atoms with Crippen LogP contribution in [0.25, 0.3) is 0 Å². The van der Waals surface area contributed by atoms with Crippen LogP contribution in [-0.4, -0.2) is 24.5 Å². The lowest BCUT2D eigenvalue weighted by Crippen LogP contribution is -2.33. The second kappa shape index (κ2) is 6.26. The Kier molecular flexibility index (Phi) is 5.29. The van der Waals surface area contributed by atoms with E-state index in [0.717, 1.165) is 17.6 Å². The predicted molar refractivity (Wildman–Crippen MR) is 68.9 cm³/mol. The van der Waals surface area contributed by atoms with Gasteiger partial charge in [0.2, 0.25) is 0 Å². The Morgan fingerprint density at radius 3 is 2.13 bits per heavy atom. The van der Waals surface area contributed by atoms with Gasteiger partial charge in [0.25, 0.3) is 0 Å². The monoisotopic (exact) mass is 270 g/mol. The minimum Gasteiger partial charge on any atom is -0.329 e. The molecule has 2 N–H and O–H groups in total. The lowest BCUT2D eigenvalue weighted by Gasteiger charge is -2.28. The molecule has 0 aliphatic heterocycles. The fourth-order valence-corrected chi connectivity index (χ4v) is 2.11. The topological polar surface area (TPSA) is 29.3 Å². The van der Waals surface area contributed by atoms with Gasteiger partial charge in [0, 0.05) is 17.1 Å². The average Bonchev–Trinajstić information content (AvgIpc) is 2.27. The van der Waals surface area contributed by atoms with Gasteiger partial charge >= 0.3 is 0 Å². The zero-order valence-corrected chi connectivity index (χ0v) is 11.0. The fraction of sp³-hybridized carbons (Fsp3) is 0.500. The second-order valence-corrected chi connectivity index (χ2v) is 4.44. The Labute approximate surface area is 101 Å². The lowest BCUT2D eigenvalue weighted by molar-refractivity contribution is 0.224. The summed E-state index contributed by atoms with van der Waals surface area (Å²) in [6, 6.07) is 8.76. The van der Waals surface area contributed by atoms with Crippen LogP contribution in [0.1, 0.15) is 25.5 Å². The molecule has 0 fully saturated rings. The first kappa shape index (κ1) is 12.7. The Morgan fingerprint density at radius 2 is 1.73 bits per heavy atom. The molecule has 3 heteroatoms. The SMILES string of the molecule is CCN(CC)[C@H](CN)c1ccc(Br)cc1. The summed E-state index contributed by atoms with van der Waals surface area (Å²) in [6.45, 7) is 7.09. The van der Waals surface area contributed by atoms with Crippen LogP contribution in [0.4, 0.5) is 0 Å². The molecular formula is C12H19BrN2. The van der Waals surface area contributed by atoms with Crippen molar-refractivity contribution < 1.29 is 0 Å². The van der Waals surface area contributed by atoms with Crippen LogP contribution in [0.5, 0.6) is 0 Å². The van der Waals surface area contributed by atoms with Crippen molar-refractivity contribution in [1.29, 1.82) is 0 Å². The summed E-state index contributed by atoms with van der Waals surface area (Å²) in [5, 5.41) is 0. The van der Waals surface area contributed by atoms with Gasteiger partial charge in [-0.2, -0.15) is 0 Å². The van der Waals surface area contributed by atoms with Crippen molar-refractivity contribution in [3.8, 4) is 0 Å². The average molecular weight is 271 g/mol. The van der Waals surface area contributed by atoms with Crippen LogP contribution in [0.15, 0.2) is 28.7 Å². The zero-order valence-electron chi connectivity index (χ0n) is 9.41. The Hall–Kier alpha value is -0.380. The van der Waals surface area contributed by atoms with E-state index in [-0.39, 0.29) is 0 Å². The number of nitrogens with two attached hydrogens (primary N) is 1. The quantitative estimate of drug-likeness (QED) is 0.892. The third kappa shape index (κ3) is 3.30. The van der Waals surface area contributed by atoms with E-state index in [1.165, 1.54) is 5.56 Å². The Balaban J connectivity index is 2.86. The molecule has 0 saturated carbocycles. The minimum atomic E-state index is 0.341. The molecule has 1 rings (SSSR count). The number of benzene rings is 1. The number of hydrogen-bond donors (Lipinski definition) is 1. The van der Waals surface area contributed by atoms with Crippen molar-refractivity contribution in [3.63, 3.8) is 0 Å². The molecule has 0 heterocycles. The van der Waals surface area contributed by atoms with Crippen LogP contribution in [-0.2, 0) is 0 Å². The van der Waals surface area contributed by atoms with Crippen molar-refractivity contribution in [2.75, 3.05) is 19.6 Å². The first-order valence-electron chi connectivity index (χ1n) is 5.42. The summed E-state index contributed by atoms with van der Waals surface area (Å²) < 4.78 is 1.11. The third-order valence-electron chi connectivity index (χ3n) is 2.73. The molecule has 15 heavy (non-hydrogen) atoms. The van der Waals surface area contributed by atoms with E-state index < -0.39 is 0 Å². The molecular weight excluding hydrogens is 252 g/mol. The van der Waals surface area contributed by atoms with Gasteiger partial charge in [0.15, 0.2) is 0 Å². The van der Waals surface area contributed by atoms with Crippen molar-refractivity contribution in [2.45, 2.75) is 19.9 Å². The maximum absolute atomic E-state index is 5.84. The van der Waals surface area contributed by atoms with Crippen LogP contribution in [0.2, 0.25) is 0 Å². The highest BCUT2D eigenvalue weighted by Crippen LogP contribution is 2.21. The molecule has 0 unspecified atom stereocenters. The second-order valence-electron chi connectivity index (χ2n) is 3.52. The van der Waals surface area contributed by atoms with Gasteiger partial charge in [-0.3, -0.25) is 4.90 Å². The molecule has 1 atom stereocenters. The van der Waals surface area contributed by atoms with Crippen LogP contribution >= 0.6 is 15.9 Å². The van der Waals surface area contributed by atoms with E-state index in [1.807, 2.05) is 0 Å². The fourth-order valence-electron chi connectivity index (χ4n) is 1.85. The molecule has 0 spiro atoms. The number of rotatable bonds is 5. The van der Waals surface area contributed by atoms with Gasteiger partial charge in [-0.1, -0.05) is 41.9 Å². The summed E-state index contributed by atoms with van der Waals surface area (Å²) in [7, 11) is 0. The molecule has 1 aromatic rings. The van der Waals surface area contributed by atoms with E-state index in [9.17, 15) is 0 Å². The van der Waals surface area contributed by atoms with Gasteiger partial charge in [-0.25, -0.2) is 0 Å². The molecule has 0 saturated heterocycles. The first-order chi connectivity index (χ1) is 7.22. The molecule has 0 aliphatic carbocycles. The summed E-state index contributed by atoms with van der Waals surface area (Å²) >= 11 is 3.44. The van der Waals surface area contributed by atoms with Crippen molar-refractivity contribution in [3.05, 3.63) is 34.3 Å². The number of likely N-dealkylation sites (N-methyl/N-ethyl adjacent to an activating group) is 1. The van der Waals surface area contributed by atoms with E-state index in [0.29, 0.717) is 12.6 Å². The Bertz CT molecular complexity index is 280. The van der Waals surface area contributed by atoms with Crippen LogP contribution < -0.4 is 5.73 Å². The highest BCUT2D eigenvalue weighted by atomic mass is 79.9. The van der Waals surface area contributed by atoms with E-state index >= 15 is 0 Å². The van der Waals surface area contributed by atoms with Gasteiger partial charge in [0.05, 0.1) is 0 Å². The summed E-state index contributed by atoms with van der Waals surface area (Å²) in [4.78, 5) is 2.38. The van der Waals surface area contributed by atoms with Crippen LogP contribution in [0.3, 0.4) is 0 Å². The molecule has 84 valence electrons. The Morgan fingerprint density at radius 1 is 1.20 bits per heavy atom. The standard InChI is InChI=1S/C12H19BrN2/c1-3-15(4-2)12(9-14)10-5-7-11(13)8-6-10/h5-8,12H,3-4,9,14H2,1-2H3/t12-/m1/s1. The van der Waals surface area contributed by atoms with Crippen molar-refractivity contribution >= 4 is 15.9 Å². The molecule has 0 aromatic heterocycles.